The summed E-state index contributed by atoms with van der Waals surface area (Å²) >= 11 is 7.04. The minimum absolute atomic E-state index is 0.0431. The smallest absolute Gasteiger partial charge is 0.335 e. The highest BCUT2D eigenvalue weighted by molar-refractivity contribution is 7.11. The fourth-order valence-corrected chi connectivity index (χ4v) is 3.68. The molecule has 2 aromatic carbocycles. The maximum Gasteiger partial charge on any atom is 0.335 e. The number of nitro groups is 1. The number of rotatable bonds is 7. The molecule has 3 rings (SSSR count). The van der Waals surface area contributed by atoms with Crippen molar-refractivity contribution in [1.29, 1.82) is 0 Å². The van der Waals surface area contributed by atoms with Crippen LogP contribution in [0.15, 0.2) is 58.4 Å². The van der Waals surface area contributed by atoms with E-state index in [1.165, 1.54) is 41.1 Å². The second kappa shape index (κ2) is 9.32. The van der Waals surface area contributed by atoms with Gasteiger partial charge in [-0.2, -0.15) is 5.10 Å². The number of hydrogen-bond acceptors (Lipinski definition) is 7. The van der Waals surface area contributed by atoms with Gasteiger partial charge in [0.1, 0.15) is 5.15 Å². The molecule has 158 valence electrons. The number of aromatic nitrogens is 1. The van der Waals surface area contributed by atoms with Gasteiger partial charge in [0.25, 0.3) is 11.6 Å². The number of non-ortho nitro benzene ring substituents is 1. The van der Waals surface area contributed by atoms with Crippen molar-refractivity contribution < 1.29 is 19.6 Å². The molecule has 0 bridgehead atoms. The van der Waals surface area contributed by atoms with E-state index < -0.39 is 21.7 Å². The summed E-state index contributed by atoms with van der Waals surface area (Å²) in [5.41, 5.74) is 2.69. The number of nitro benzene ring substituents is 1. The van der Waals surface area contributed by atoms with Gasteiger partial charge in [0.2, 0.25) is 0 Å². The third-order valence-electron chi connectivity index (χ3n) is 4.04. The first-order valence-corrected chi connectivity index (χ1v) is 9.75. The molecule has 0 saturated heterocycles. The third-order valence-corrected chi connectivity index (χ3v) is 5.47. The lowest BCUT2D eigenvalue weighted by molar-refractivity contribution is -0.384. The molecule has 1 amide bonds. The summed E-state index contributed by atoms with van der Waals surface area (Å²) in [6.07, 6.45) is 1.19. The zero-order valence-electron chi connectivity index (χ0n) is 15.5. The number of thiazole rings is 1. The first-order chi connectivity index (χ1) is 14.8. The zero-order chi connectivity index (χ0) is 22.5. The number of benzene rings is 2. The van der Waals surface area contributed by atoms with Gasteiger partial charge in [-0.1, -0.05) is 41.1 Å². The van der Waals surface area contributed by atoms with Gasteiger partial charge in [0, 0.05) is 17.7 Å². The molecule has 0 aliphatic rings. The summed E-state index contributed by atoms with van der Waals surface area (Å²) in [5, 5.41) is 23.7. The molecular formula is C19H13ClN4O6S. The molecule has 0 aliphatic heterocycles. The van der Waals surface area contributed by atoms with Gasteiger partial charge in [-0.15, -0.1) is 0 Å². The molecule has 1 heterocycles. The molecular weight excluding hydrogens is 448 g/mol. The molecule has 0 radical (unpaired) electrons. The zero-order valence-corrected chi connectivity index (χ0v) is 17.1. The van der Waals surface area contributed by atoms with Crippen LogP contribution < -0.4 is 10.3 Å². The van der Waals surface area contributed by atoms with Crippen molar-refractivity contribution in [2.45, 2.75) is 6.54 Å². The number of carbonyl (C=O) groups excluding carboxylic acids is 1. The highest BCUT2D eigenvalue weighted by atomic mass is 35.5. The molecule has 1 aromatic heterocycles. The minimum Gasteiger partial charge on any atom is -0.478 e. The number of nitrogens with zero attached hydrogens (tertiary/aromatic N) is 3. The van der Waals surface area contributed by atoms with E-state index in [0.717, 1.165) is 17.4 Å². The number of carboxylic acids is 1. The lowest BCUT2D eigenvalue weighted by atomic mass is 10.1. The van der Waals surface area contributed by atoms with Crippen molar-refractivity contribution >= 4 is 46.7 Å². The van der Waals surface area contributed by atoms with E-state index in [1.807, 2.05) is 0 Å². The molecule has 12 heteroatoms. The Kier molecular flexibility index (Phi) is 6.58. The van der Waals surface area contributed by atoms with Crippen LogP contribution in [0.5, 0.6) is 0 Å². The van der Waals surface area contributed by atoms with Crippen molar-refractivity contribution in [3.63, 3.8) is 0 Å². The van der Waals surface area contributed by atoms with Gasteiger partial charge >= 0.3 is 10.8 Å². The van der Waals surface area contributed by atoms with Crippen molar-refractivity contribution in [3.8, 4) is 0 Å². The highest BCUT2D eigenvalue weighted by Gasteiger charge is 2.14. The van der Waals surface area contributed by atoms with Crippen LogP contribution in [0.1, 0.15) is 31.2 Å². The number of carboxylic acid groups (broad SMARTS) is 1. The van der Waals surface area contributed by atoms with Gasteiger partial charge in [0.15, 0.2) is 0 Å². The minimum atomic E-state index is -1.09. The number of nitrogens with one attached hydrogen (secondary N) is 1. The molecule has 2 N–H and O–H groups in total. The fraction of sp³-hybridized carbons (Fsp3) is 0.0526. The predicted molar refractivity (Wildman–Crippen MR) is 114 cm³/mol. The van der Waals surface area contributed by atoms with Gasteiger partial charge in [-0.3, -0.25) is 24.3 Å². The molecule has 0 spiro atoms. The number of halogens is 1. The van der Waals surface area contributed by atoms with Crippen molar-refractivity contribution in [1.82, 2.24) is 9.99 Å². The lowest BCUT2D eigenvalue weighted by Gasteiger charge is -2.05. The van der Waals surface area contributed by atoms with Crippen molar-refractivity contribution in [2.75, 3.05) is 0 Å². The van der Waals surface area contributed by atoms with Gasteiger partial charge in [-0.05, 0) is 23.8 Å². The molecule has 10 nitrogen and oxygen atoms in total. The van der Waals surface area contributed by atoms with E-state index in [0.29, 0.717) is 5.56 Å². The third kappa shape index (κ3) is 5.21. The van der Waals surface area contributed by atoms with E-state index in [4.69, 9.17) is 16.7 Å². The van der Waals surface area contributed by atoms with E-state index in [9.17, 15) is 24.5 Å². The summed E-state index contributed by atoms with van der Waals surface area (Å²) in [7, 11) is 0. The summed E-state index contributed by atoms with van der Waals surface area (Å²) in [6.45, 7) is 0.0587. The Labute approximate surface area is 183 Å². The number of aromatic carboxylic acids is 1. The summed E-state index contributed by atoms with van der Waals surface area (Å²) < 4.78 is 1.25. The summed E-state index contributed by atoms with van der Waals surface area (Å²) in [5.74, 6) is -1.76. The van der Waals surface area contributed by atoms with Crippen LogP contribution >= 0.6 is 22.9 Å². The average molecular weight is 461 g/mol. The Bertz CT molecular complexity index is 1270. The maximum atomic E-state index is 12.3. The summed E-state index contributed by atoms with van der Waals surface area (Å²) in [4.78, 5) is 45.5. The van der Waals surface area contributed by atoms with Crippen LogP contribution in [0.4, 0.5) is 5.69 Å². The maximum absolute atomic E-state index is 12.3. The van der Waals surface area contributed by atoms with Gasteiger partial charge < -0.3 is 5.11 Å². The van der Waals surface area contributed by atoms with Crippen LogP contribution in [0.3, 0.4) is 0 Å². The number of hydrogen-bond donors (Lipinski definition) is 2. The SMILES string of the molecule is O=C(O)c1cccc(Cn2c(Cl)c(/C=N/NC(=O)c3cccc([N+](=O)[O-])c3)sc2=O)c1. The number of hydrazone groups is 1. The Morgan fingerprint density at radius 3 is 2.65 bits per heavy atom. The van der Waals surface area contributed by atoms with E-state index in [-0.39, 0.29) is 33.4 Å². The quantitative estimate of drug-likeness (QED) is 0.315. The number of carbonyl (C=O) groups is 2. The lowest BCUT2D eigenvalue weighted by Crippen LogP contribution is -2.17. The number of amides is 1. The van der Waals surface area contributed by atoms with E-state index in [2.05, 4.69) is 10.5 Å². The Morgan fingerprint density at radius 2 is 1.94 bits per heavy atom. The van der Waals surface area contributed by atoms with Crippen molar-refractivity contribution in [2.24, 2.45) is 5.10 Å². The van der Waals surface area contributed by atoms with Crippen LogP contribution in [0.25, 0.3) is 0 Å². The van der Waals surface area contributed by atoms with E-state index in [1.54, 1.807) is 12.1 Å². The van der Waals surface area contributed by atoms with Crippen LogP contribution in [0, 0.1) is 10.1 Å². The Hall–Kier alpha value is -3.83. The first-order valence-electron chi connectivity index (χ1n) is 8.55. The van der Waals surface area contributed by atoms with E-state index >= 15 is 0 Å². The Balaban J connectivity index is 1.74. The standard InChI is InChI=1S/C19H13ClN4O6S/c20-16-15(9-21-22-17(25)12-4-2-6-14(8-12)24(29)30)31-19(28)23(16)10-11-3-1-5-13(7-11)18(26)27/h1-9H,10H2,(H,22,25)(H,26,27)/b21-9+. The summed E-state index contributed by atoms with van der Waals surface area (Å²) in [6, 6.07) is 11.2. The monoisotopic (exact) mass is 460 g/mol. The normalized spacial score (nSPS) is 10.9. The van der Waals surface area contributed by atoms with Crippen LogP contribution in [-0.2, 0) is 6.54 Å². The van der Waals surface area contributed by atoms with Crippen LogP contribution in [-0.4, -0.2) is 32.7 Å². The average Bonchev–Trinajstić information content (AvgIpc) is 3.01. The molecule has 3 aromatic rings. The predicted octanol–water partition coefficient (Wildman–Crippen LogP) is 2.98. The highest BCUT2D eigenvalue weighted by Crippen LogP contribution is 2.19. The largest absolute Gasteiger partial charge is 0.478 e. The molecule has 0 atom stereocenters. The van der Waals surface area contributed by atoms with Gasteiger partial charge in [-0.25, -0.2) is 10.2 Å². The molecule has 31 heavy (non-hydrogen) atoms. The topological polar surface area (TPSA) is 144 Å². The van der Waals surface area contributed by atoms with Crippen molar-refractivity contribution in [3.05, 3.63) is 95.0 Å². The Morgan fingerprint density at radius 1 is 1.23 bits per heavy atom. The molecule has 0 saturated carbocycles. The molecule has 0 unspecified atom stereocenters. The fourth-order valence-electron chi connectivity index (χ4n) is 2.58. The molecule has 0 aliphatic carbocycles. The second-order valence-corrected chi connectivity index (χ2v) is 7.47. The van der Waals surface area contributed by atoms with Gasteiger partial charge in [0.05, 0.1) is 28.1 Å². The van der Waals surface area contributed by atoms with Crippen LogP contribution in [0.2, 0.25) is 5.15 Å². The second-order valence-electron chi connectivity index (χ2n) is 6.12. The first kappa shape index (κ1) is 21.9. The molecule has 0 fully saturated rings.